The lowest BCUT2D eigenvalue weighted by Crippen LogP contribution is -2.19. The molecule has 5 rings (SSSR count). The van der Waals surface area contributed by atoms with Crippen LogP contribution in [-0.2, 0) is 6.42 Å². The summed E-state index contributed by atoms with van der Waals surface area (Å²) in [6, 6.07) is 25.9. The van der Waals surface area contributed by atoms with Crippen molar-refractivity contribution in [3.05, 3.63) is 100 Å². The molecule has 0 amide bonds. The van der Waals surface area contributed by atoms with Crippen LogP contribution >= 0.6 is 11.3 Å². The van der Waals surface area contributed by atoms with E-state index in [0.29, 0.717) is 16.4 Å². The van der Waals surface area contributed by atoms with Gasteiger partial charge in [-0.2, -0.15) is 4.68 Å². The number of aliphatic imine (C=N–C) groups is 1. The summed E-state index contributed by atoms with van der Waals surface area (Å²) in [7, 11) is 0. The monoisotopic (exact) mass is 438 g/mol. The van der Waals surface area contributed by atoms with Gasteiger partial charge in [0.25, 0.3) is 5.56 Å². The molecule has 5 aromatic rings. The second-order valence-corrected chi connectivity index (χ2v) is 8.56. The van der Waals surface area contributed by atoms with E-state index in [1.165, 1.54) is 21.6 Å². The lowest BCUT2D eigenvalue weighted by Gasteiger charge is -2.03. The maximum atomic E-state index is 13.6. The van der Waals surface area contributed by atoms with Gasteiger partial charge < -0.3 is 0 Å². The Hall–Kier alpha value is -3.77. The van der Waals surface area contributed by atoms with Gasteiger partial charge in [-0.25, -0.2) is 4.98 Å². The number of benzene rings is 3. The third-order valence-corrected chi connectivity index (χ3v) is 6.45. The number of nitrogens with zero attached hydrogens (tertiary/aromatic N) is 3. The van der Waals surface area contributed by atoms with Crippen LogP contribution in [0.1, 0.15) is 25.0 Å². The maximum absolute atomic E-state index is 13.6. The Morgan fingerprint density at radius 2 is 1.72 bits per heavy atom. The number of para-hydroxylation sites is 1. The molecule has 2 heterocycles. The van der Waals surface area contributed by atoms with Crippen molar-refractivity contribution in [2.24, 2.45) is 4.99 Å². The van der Waals surface area contributed by atoms with Gasteiger partial charge in [0.2, 0.25) is 5.13 Å². The van der Waals surface area contributed by atoms with Gasteiger partial charge in [0.15, 0.2) is 0 Å². The van der Waals surface area contributed by atoms with E-state index >= 15 is 0 Å². The number of H-pyrrole nitrogens is 1. The van der Waals surface area contributed by atoms with Crippen LogP contribution in [0.5, 0.6) is 0 Å². The molecule has 5 nitrogen and oxygen atoms in total. The predicted molar refractivity (Wildman–Crippen MR) is 133 cm³/mol. The van der Waals surface area contributed by atoms with Crippen LogP contribution in [0.15, 0.2) is 88.6 Å². The lowest BCUT2D eigenvalue weighted by atomic mass is 10.1. The average molecular weight is 439 g/mol. The van der Waals surface area contributed by atoms with Gasteiger partial charge in [0.05, 0.1) is 32.9 Å². The Kier molecular flexibility index (Phi) is 5.29. The number of aromatic amines is 1. The molecule has 0 aliphatic heterocycles. The molecule has 0 aliphatic carbocycles. The number of fused-ring (bicyclic) bond motifs is 1. The summed E-state index contributed by atoms with van der Waals surface area (Å²) < 4.78 is 2.56. The zero-order chi connectivity index (χ0) is 22.1. The molecule has 1 N–H and O–H groups in total. The summed E-state index contributed by atoms with van der Waals surface area (Å²) in [5, 5.41) is 3.91. The van der Waals surface area contributed by atoms with Crippen LogP contribution in [-0.4, -0.2) is 20.5 Å². The summed E-state index contributed by atoms with van der Waals surface area (Å²) in [6.45, 7) is 4.01. The molecular formula is C26H22N4OS. The second kappa shape index (κ2) is 8.40. The van der Waals surface area contributed by atoms with Crippen molar-refractivity contribution in [3.63, 3.8) is 0 Å². The number of hydrogen-bond acceptors (Lipinski definition) is 4. The number of aromatic nitrogens is 3. The minimum atomic E-state index is -0.158. The van der Waals surface area contributed by atoms with Gasteiger partial charge in [-0.3, -0.25) is 14.9 Å². The van der Waals surface area contributed by atoms with E-state index in [9.17, 15) is 4.79 Å². The van der Waals surface area contributed by atoms with E-state index in [4.69, 9.17) is 4.99 Å². The molecule has 2 aromatic heterocycles. The number of thiazole rings is 1. The largest absolute Gasteiger partial charge is 0.288 e. The lowest BCUT2D eigenvalue weighted by molar-refractivity contribution is 0.845. The first-order valence-corrected chi connectivity index (χ1v) is 11.4. The average Bonchev–Trinajstić information content (AvgIpc) is 3.41. The van der Waals surface area contributed by atoms with Crippen LogP contribution in [0.2, 0.25) is 0 Å². The number of nitrogens with one attached hydrogen (secondary N) is 1. The fraction of sp³-hybridized carbons (Fsp3) is 0.115. The van der Waals surface area contributed by atoms with Crippen molar-refractivity contribution in [3.8, 4) is 16.4 Å². The Bertz CT molecular complexity index is 1440. The fourth-order valence-electron chi connectivity index (χ4n) is 3.73. The zero-order valence-electron chi connectivity index (χ0n) is 17.9. The van der Waals surface area contributed by atoms with E-state index in [1.807, 2.05) is 73.7 Å². The van der Waals surface area contributed by atoms with Crippen molar-refractivity contribution >= 4 is 33.0 Å². The van der Waals surface area contributed by atoms with E-state index < -0.39 is 0 Å². The number of hydrogen-bond donors (Lipinski definition) is 1. The number of rotatable bonds is 5. The summed E-state index contributed by atoms with van der Waals surface area (Å²) >= 11 is 1.48. The molecule has 6 heteroatoms. The first-order valence-electron chi connectivity index (χ1n) is 10.5. The molecule has 3 aromatic carbocycles. The minimum absolute atomic E-state index is 0.158. The van der Waals surface area contributed by atoms with Crippen LogP contribution in [0.3, 0.4) is 0 Å². The fourth-order valence-corrected chi connectivity index (χ4v) is 4.66. The molecule has 32 heavy (non-hydrogen) atoms. The Morgan fingerprint density at radius 1 is 1.00 bits per heavy atom. The molecule has 0 radical (unpaired) electrons. The van der Waals surface area contributed by atoms with Crippen molar-refractivity contribution in [2.45, 2.75) is 20.3 Å². The van der Waals surface area contributed by atoms with Crippen LogP contribution in [0.4, 0.5) is 5.69 Å². The van der Waals surface area contributed by atoms with Gasteiger partial charge in [-0.15, -0.1) is 0 Å². The van der Waals surface area contributed by atoms with Gasteiger partial charge >= 0.3 is 0 Å². The maximum Gasteiger partial charge on any atom is 0.283 e. The zero-order valence-corrected chi connectivity index (χ0v) is 18.7. The first-order chi connectivity index (χ1) is 15.6. The molecule has 0 atom stereocenters. The van der Waals surface area contributed by atoms with Crippen molar-refractivity contribution in [1.29, 1.82) is 0 Å². The number of aryl methyl sites for hydroxylation is 1. The van der Waals surface area contributed by atoms with Gasteiger partial charge in [0, 0.05) is 5.56 Å². The topological polar surface area (TPSA) is 63.0 Å². The van der Waals surface area contributed by atoms with E-state index in [0.717, 1.165) is 33.6 Å². The van der Waals surface area contributed by atoms with E-state index in [1.54, 1.807) is 0 Å². The van der Waals surface area contributed by atoms with Crippen LogP contribution in [0, 0.1) is 0 Å². The molecule has 0 saturated heterocycles. The van der Waals surface area contributed by atoms with Crippen molar-refractivity contribution < 1.29 is 0 Å². The van der Waals surface area contributed by atoms with Gasteiger partial charge in [-0.1, -0.05) is 72.9 Å². The van der Waals surface area contributed by atoms with Crippen molar-refractivity contribution in [1.82, 2.24) is 14.8 Å². The Balaban J connectivity index is 1.68. The summed E-state index contributed by atoms with van der Waals surface area (Å²) in [5.74, 6) is 0. The first kappa shape index (κ1) is 20.2. The summed E-state index contributed by atoms with van der Waals surface area (Å²) in [5.41, 5.74) is 5.67. The highest BCUT2D eigenvalue weighted by Crippen LogP contribution is 2.27. The molecular weight excluding hydrogens is 416 g/mol. The molecule has 0 fully saturated rings. The molecule has 0 bridgehead atoms. The highest BCUT2D eigenvalue weighted by molar-refractivity contribution is 7.20. The minimum Gasteiger partial charge on any atom is -0.288 e. The molecule has 0 aliphatic rings. The highest BCUT2D eigenvalue weighted by atomic mass is 32.1. The molecule has 0 saturated carbocycles. The second-order valence-electron chi connectivity index (χ2n) is 7.55. The Labute approximate surface area is 189 Å². The third-order valence-electron chi connectivity index (χ3n) is 5.43. The Morgan fingerprint density at radius 3 is 2.44 bits per heavy atom. The molecule has 158 valence electrons. The predicted octanol–water partition coefficient (Wildman–Crippen LogP) is 6.15. The molecule has 0 spiro atoms. The summed E-state index contributed by atoms with van der Waals surface area (Å²) in [6.07, 6.45) is 0.978. The molecule has 0 unspecified atom stereocenters. The third kappa shape index (κ3) is 3.69. The van der Waals surface area contributed by atoms with Gasteiger partial charge in [0.1, 0.15) is 0 Å². The van der Waals surface area contributed by atoms with E-state index in [-0.39, 0.29) is 5.56 Å². The van der Waals surface area contributed by atoms with Crippen LogP contribution < -0.4 is 5.56 Å². The normalized spacial score (nSPS) is 11.9. The summed E-state index contributed by atoms with van der Waals surface area (Å²) in [4.78, 5) is 23.0. The highest BCUT2D eigenvalue weighted by Gasteiger charge is 2.21. The SMILES string of the molecule is CCc1ccc(N=C(C)c2c(-c3ccccc3)[nH]n(-c3nc4ccccc4s3)c2=O)cc1. The smallest absolute Gasteiger partial charge is 0.283 e. The van der Waals surface area contributed by atoms with Gasteiger partial charge in [-0.05, 0) is 43.2 Å². The van der Waals surface area contributed by atoms with Crippen molar-refractivity contribution in [2.75, 3.05) is 0 Å². The van der Waals surface area contributed by atoms with E-state index in [2.05, 4.69) is 29.1 Å². The standard InChI is InChI=1S/C26H22N4OS/c1-3-18-13-15-20(16-14-18)27-17(2)23-24(19-9-5-4-6-10-19)29-30(25(23)31)26-28-21-11-7-8-12-22(21)32-26/h4-16,29H,3H2,1-2H3. The van der Waals surface area contributed by atoms with Crippen LogP contribution in [0.25, 0.3) is 26.6 Å². The quantitative estimate of drug-likeness (QED) is 0.335.